The van der Waals surface area contributed by atoms with Crippen molar-refractivity contribution in [2.45, 2.75) is 13.8 Å². The summed E-state index contributed by atoms with van der Waals surface area (Å²) < 4.78 is 13.8. The quantitative estimate of drug-likeness (QED) is 0.800. The van der Waals surface area contributed by atoms with E-state index in [9.17, 15) is 18.8 Å². The molecule has 2 rings (SSSR count). The van der Waals surface area contributed by atoms with E-state index in [1.165, 1.54) is 6.07 Å². The van der Waals surface area contributed by atoms with Crippen molar-refractivity contribution in [2.75, 3.05) is 11.4 Å². The highest BCUT2D eigenvalue weighted by Gasteiger charge is 2.40. The summed E-state index contributed by atoms with van der Waals surface area (Å²) in [5.41, 5.74) is -0.361. The molecule has 0 fully saturated rings. The maximum absolute atomic E-state index is 13.8. The van der Waals surface area contributed by atoms with E-state index in [4.69, 9.17) is 11.6 Å². The Balaban J connectivity index is 2.50. The Morgan fingerprint density at radius 1 is 1.37 bits per heavy atom. The molecule has 0 bridgehead atoms. The Hall–Kier alpha value is -1.75. The fourth-order valence-electron chi connectivity index (χ4n) is 1.84. The third kappa shape index (κ3) is 2.14. The van der Waals surface area contributed by atoms with Crippen molar-refractivity contribution >= 4 is 34.8 Å². The zero-order chi connectivity index (χ0) is 14.3. The minimum atomic E-state index is -0.920. The fraction of sp³-hybridized carbons (Fsp3) is 0.308. The van der Waals surface area contributed by atoms with Crippen molar-refractivity contribution in [3.63, 3.8) is 0 Å². The third-order valence-electron chi connectivity index (χ3n) is 2.97. The lowest BCUT2D eigenvalue weighted by Crippen LogP contribution is -2.36. The molecular formula is C13H11ClFNO3. The summed E-state index contributed by atoms with van der Waals surface area (Å²) in [6, 6.07) is 2.29. The lowest BCUT2D eigenvalue weighted by Gasteiger charge is -2.17. The highest BCUT2D eigenvalue weighted by molar-refractivity contribution is 6.55. The molecule has 0 unspecified atom stereocenters. The number of halogens is 2. The Kier molecular flexibility index (Phi) is 3.41. The van der Waals surface area contributed by atoms with Crippen LogP contribution in [0.15, 0.2) is 12.1 Å². The predicted molar refractivity (Wildman–Crippen MR) is 67.9 cm³/mol. The van der Waals surface area contributed by atoms with Crippen LogP contribution in [0.1, 0.15) is 24.2 Å². The second-order valence-electron chi connectivity index (χ2n) is 4.59. The van der Waals surface area contributed by atoms with Gasteiger partial charge in [0.15, 0.2) is 5.78 Å². The van der Waals surface area contributed by atoms with E-state index >= 15 is 0 Å². The number of hydrogen-bond acceptors (Lipinski definition) is 3. The average Bonchev–Trinajstić information content (AvgIpc) is 2.60. The van der Waals surface area contributed by atoms with Gasteiger partial charge in [-0.3, -0.25) is 19.3 Å². The molecular weight excluding hydrogens is 273 g/mol. The van der Waals surface area contributed by atoms with Crippen LogP contribution < -0.4 is 4.90 Å². The second kappa shape index (κ2) is 4.74. The standard InChI is InChI=1S/C13H11ClFNO3/c1-6(2)9(17)5-16-11-8(15)4-3-7(14)10(11)12(18)13(16)19/h3-4,6H,5H2,1-2H3. The summed E-state index contributed by atoms with van der Waals surface area (Å²) in [7, 11) is 0. The van der Waals surface area contributed by atoms with E-state index in [0.29, 0.717) is 0 Å². The van der Waals surface area contributed by atoms with E-state index in [0.717, 1.165) is 11.0 Å². The number of fused-ring (bicyclic) bond motifs is 1. The van der Waals surface area contributed by atoms with Gasteiger partial charge in [0.05, 0.1) is 22.8 Å². The van der Waals surface area contributed by atoms with Crippen LogP contribution in [-0.4, -0.2) is 24.0 Å². The summed E-state index contributed by atoms with van der Waals surface area (Å²) in [5, 5.41) is 0.00856. The van der Waals surface area contributed by atoms with Gasteiger partial charge in [0, 0.05) is 5.92 Å². The Morgan fingerprint density at radius 2 is 2.00 bits per heavy atom. The molecule has 0 saturated heterocycles. The first kappa shape index (κ1) is 13.7. The normalized spacial score (nSPS) is 14.3. The summed E-state index contributed by atoms with van der Waals surface area (Å²) >= 11 is 5.81. The summed E-state index contributed by atoms with van der Waals surface area (Å²) in [6.45, 7) is 3.01. The molecule has 1 aromatic carbocycles. The van der Waals surface area contributed by atoms with Crippen molar-refractivity contribution < 1.29 is 18.8 Å². The number of ketones is 2. The van der Waals surface area contributed by atoms with Crippen LogP contribution in [0.4, 0.5) is 10.1 Å². The van der Waals surface area contributed by atoms with Gasteiger partial charge in [0.25, 0.3) is 11.7 Å². The number of Topliss-reactive ketones (excluding diaryl/α,β-unsaturated/α-hetero) is 2. The maximum atomic E-state index is 13.8. The lowest BCUT2D eigenvalue weighted by molar-refractivity contribution is -0.122. The minimum absolute atomic E-state index is 0.00856. The molecule has 0 saturated carbocycles. The SMILES string of the molecule is CC(C)C(=O)CN1C(=O)C(=O)c2c(Cl)ccc(F)c21. The number of anilines is 1. The molecule has 1 aliphatic heterocycles. The first-order valence-electron chi connectivity index (χ1n) is 5.71. The Bertz CT molecular complexity index is 598. The molecule has 4 nitrogen and oxygen atoms in total. The summed E-state index contributed by atoms with van der Waals surface area (Å²) in [4.78, 5) is 36.2. The maximum Gasteiger partial charge on any atom is 0.300 e. The molecule has 0 atom stereocenters. The highest BCUT2D eigenvalue weighted by Crippen LogP contribution is 2.36. The van der Waals surface area contributed by atoms with Crippen molar-refractivity contribution in [2.24, 2.45) is 5.92 Å². The molecule has 1 amide bonds. The first-order valence-corrected chi connectivity index (χ1v) is 6.09. The number of rotatable bonds is 3. The van der Waals surface area contributed by atoms with E-state index in [2.05, 4.69) is 0 Å². The van der Waals surface area contributed by atoms with Gasteiger partial charge in [-0.05, 0) is 12.1 Å². The number of carbonyl (C=O) groups is 3. The number of amides is 1. The molecule has 0 radical (unpaired) electrons. The van der Waals surface area contributed by atoms with Gasteiger partial charge in [0.2, 0.25) is 0 Å². The predicted octanol–water partition coefficient (Wildman–Crippen LogP) is 2.23. The van der Waals surface area contributed by atoms with Gasteiger partial charge in [-0.25, -0.2) is 4.39 Å². The van der Waals surface area contributed by atoms with Crippen LogP contribution in [0.3, 0.4) is 0 Å². The van der Waals surface area contributed by atoms with Crippen molar-refractivity contribution in [1.82, 2.24) is 0 Å². The van der Waals surface area contributed by atoms with Crippen molar-refractivity contribution in [3.05, 3.63) is 28.5 Å². The lowest BCUT2D eigenvalue weighted by atomic mass is 10.1. The zero-order valence-corrected chi connectivity index (χ0v) is 11.1. The summed E-state index contributed by atoms with van der Waals surface area (Å²) in [6.07, 6.45) is 0. The largest absolute Gasteiger partial charge is 0.300 e. The molecule has 1 aromatic rings. The molecule has 1 aliphatic rings. The molecule has 6 heteroatoms. The van der Waals surface area contributed by atoms with Gasteiger partial charge < -0.3 is 0 Å². The number of nitrogens with zero attached hydrogens (tertiary/aromatic N) is 1. The molecule has 100 valence electrons. The fourth-order valence-corrected chi connectivity index (χ4v) is 2.08. The number of carbonyl (C=O) groups excluding carboxylic acids is 3. The Morgan fingerprint density at radius 3 is 2.58 bits per heavy atom. The third-order valence-corrected chi connectivity index (χ3v) is 3.29. The van der Waals surface area contributed by atoms with Gasteiger partial charge in [-0.2, -0.15) is 0 Å². The van der Waals surface area contributed by atoms with Crippen molar-refractivity contribution in [1.29, 1.82) is 0 Å². The van der Waals surface area contributed by atoms with Gasteiger partial charge in [0.1, 0.15) is 5.82 Å². The van der Waals surface area contributed by atoms with Gasteiger partial charge in [-0.1, -0.05) is 25.4 Å². The molecule has 0 spiro atoms. The molecule has 19 heavy (non-hydrogen) atoms. The van der Waals surface area contributed by atoms with Crippen LogP contribution in [0, 0.1) is 11.7 Å². The molecule has 1 heterocycles. The van der Waals surface area contributed by atoms with Crippen LogP contribution in [0.25, 0.3) is 0 Å². The van der Waals surface area contributed by atoms with Crippen molar-refractivity contribution in [3.8, 4) is 0 Å². The van der Waals surface area contributed by atoms with Crippen LogP contribution >= 0.6 is 11.6 Å². The first-order chi connectivity index (χ1) is 8.84. The topological polar surface area (TPSA) is 54.5 Å². The summed E-state index contributed by atoms with van der Waals surface area (Å²) in [5.74, 6) is -3.11. The van der Waals surface area contributed by atoms with Crippen LogP contribution in [0.2, 0.25) is 5.02 Å². The van der Waals surface area contributed by atoms with E-state index in [1.54, 1.807) is 13.8 Å². The van der Waals surface area contributed by atoms with E-state index in [-0.39, 0.29) is 34.5 Å². The van der Waals surface area contributed by atoms with E-state index < -0.39 is 17.5 Å². The van der Waals surface area contributed by atoms with Gasteiger partial charge in [-0.15, -0.1) is 0 Å². The molecule has 0 aromatic heterocycles. The molecule has 0 aliphatic carbocycles. The number of benzene rings is 1. The Labute approximate surface area is 114 Å². The smallest absolute Gasteiger partial charge is 0.297 e. The van der Waals surface area contributed by atoms with Crippen LogP contribution in [0.5, 0.6) is 0 Å². The van der Waals surface area contributed by atoms with Gasteiger partial charge >= 0.3 is 0 Å². The zero-order valence-electron chi connectivity index (χ0n) is 10.4. The molecule has 0 N–H and O–H groups in total. The minimum Gasteiger partial charge on any atom is -0.297 e. The van der Waals surface area contributed by atoms with Crippen LogP contribution in [-0.2, 0) is 9.59 Å². The monoisotopic (exact) mass is 283 g/mol. The second-order valence-corrected chi connectivity index (χ2v) is 5.00. The highest BCUT2D eigenvalue weighted by atomic mass is 35.5. The number of hydrogen-bond donors (Lipinski definition) is 0. The average molecular weight is 284 g/mol. The van der Waals surface area contributed by atoms with E-state index in [1.807, 2.05) is 0 Å².